The Kier molecular flexibility index (Phi) is 4.80. The van der Waals surface area contributed by atoms with Gasteiger partial charge in [0, 0.05) is 4.90 Å². The first-order valence-corrected chi connectivity index (χ1v) is 8.95. The molecule has 0 fully saturated rings. The number of hydrogen-bond acceptors (Lipinski definition) is 4. The zero-order valence-corrected chi connectivity index (χ0v) is 13.3. The number of rotatable bonds is 2. The van der Waals surface area contributed by atoms with Gasteiger partial charge in [-0.1, -0.05) is 55.5 Å². The minimum absolute atomic E-state index is 0.492. The lowest BCUT2D eigenvalue weighted by molar-refractivity contribution is 1.37. The Morgan fingerprint density at radius 3 is 2.47 bits per heavy atom. The number of halogens is 3. The first kappa shape index (κ1) is 13.7. The molecule has 1 aromatic heterocycles. The lowest BCUT2D eigenvalue weighted by Gasteiger charge is -2.00. The molecule has 0 saturated carbocycles. The van der Waals surface area contributed by atoms with Crippen molar-refractivity contribution >= 4 is 72.9 Å². The van der Waals surface area contributed by atoms with E-state index in [1.165, 1.54) is 20.7 Å². The molecule has 0 unspecified atom stereocenters. The van der Waals surface area contributed by atoms with Crippen LogP contribution in [-0.4, -0.2) is 6.26 Å². The normalized spacial score (nSPS) is 12.1. The summed E-state index contributed by atoms with van der Waals surface area (Å²) in [6, 6.07) is 5.74. The summed E-state index contributed by atoms with van der Waals surface area (Å²) < 4.78 is 1.26. The quantitative estimate of drug-likeness (QED) is 0.502. The topological polar surface area (TPSA) is 12.4 Å². The van der Waals surface area contributed by atoms with E-state index in [1.807, 2.05) is 24.5 Å². The van der Waals surface area contributed by atoms with E-state index in [0.717, 1.165) is 4.90 Å². The van der Waals surface area contributed by atoms with Gasteiger partial charge in [0.15, 0.2) is 0 Å². The summed E-state index contributed by atoms with van der Waals surface area (Å²) in [7, 11) is 2.83. The molecule has 1 aromatic carbocycles. The zero-order valence-electron chi connectivity index (χ0n) is 8.54. The first-order valence-electron chi connectivity index (χ1n) is 4.44. The van der Waals surface area contributed by atoms with E-state index < -0.39 is 0 Å². The molecule has 0 bridgehead atoms. The highest BCUT2D eigenvalue weighted by Crippen LogP contribution is 2.31. The molecule has 0 radical (unpaired) electrons. The average Bonchev–Trinajstić information content (AvgIpc) is 2.63. The minimum Gasteiger partial charge on any atom is -0.234 e. The van der Waals surface area contributed by atoms with Gasteiger partial charge < -0.3 is 0 Å². The summed E-state index contributed by atoms with van der Waals surface area (Å²) in [4.78, 5) is 5.51. The molecule has 0 aliphatic carbocycles. The van der Waals surface area contributed by atoms with E-state index in [9.17, 15) is 0 Å². The number of nitrogens with zero attached hydrogens (tertiary/aromatic N) is 1. The highest BCUT2D eigenvalue weighted by Gasteiger charge is 2.05. The Labute approximate surface area is 125 Å². The van der Waals surface area contributed by atoms with Gasteiger partial charge in [-0.2, -0.15) is 0 Å². The van der Waals surface area contributed by atoms with Crippen molar-refractivity contribution in [2.45, 2.75) is 4.90 Å². The van der Waals surface area contributed by atoms with Gasteiger partial charge in [-0.15, -0.1) is 11.8 Å². The molecule has 1 nitrogen and oxygen atoms in total. The molecule has 0 amide bonds. The van der Waals surface area contributed by atoms with Gasteiger partial charge in [-0.25, -0.2) is 4.99 Å². The Bertz CT molecular complexity index is 603. The summed E-state index contributed by atoms with van der Waals surface area (Å²) >= 11 is 19.7. The van der Waals surface area contributed by atoms with Gasteiger partial charge in [0.05, 0.1) is 10.7 Å². The highest BCUT2D eigenvalue weighted by molar-refractivity contribution is 7.98. The average molecular weight is 343 g/mol. The smallest absolute Gasteiger partial charge is 0.147 e. The number of thioether (sulfide) groups is 1. The zero-order chi connectivity index (χ0) is 12.4. The fourth-order valence-electron chi connectivity index (χ4n) is 1.12. The van der Waals surface area contributed by atoms with E-state index in [0.29, 0.717) is 24.7 Å². The summed E-state index contributed by atoms with van der Waals surface area (Å²) in [6.07, 6.45) is 2.00. The fourth-order valence-corrected chi connectivity index (χ4v) is 4.59. The van der Waals surface area contributed by atoms with Crippen LogP contribution < -0.4 is 4.67 Å². The second-order valence-electron chi connectivity index (χ2n) is 2.99. The molecule has 17 heavy (non-hydrogen) atoms. The van der Waals surface area contributed by atoms with Crippen LogP contribution in [0.2, 0.25) is 14.4 Å². The van der Waals surface area contributed by atoms with E-state index in [1.54, 1.807) is 11.8 Å². The monoisotopic (exact) mass is 341 g/mol. The van der Waals surface area contributed by atoms with E-state index >= 15 is 0 Å². The van der Waals surface area contributed by atoms with Crippen molar-refractivity contribution in [2.24, 2.45) is 4.99 Å². The third kappa shape index (κ3) is 3.19. The molecule has 0 N–H and O–H groups in total. The highest BCUT2D eigenvalue weighted by atomic mass is 35.5. The second kappa shape index (κ2) is 5.95. The van der Waals surface area contributed by atoms with E-state index in [4.69, 9.17) is 34.8 Å². The molecule has 90 valence electrons. The Hall–Kier alpha value is 0.290. The van der Waals surface area contributed by atoms with Crippen molar-refractivity contribution in [2.75, 3.05) is 6.26 Å². The van der Waals surface area contributed by atoms with Crippen molar-refractivity contribution in [3.8, 4) is 0 Å². The van der Waals surface area contributed by atoms with E-state index in [-0.39, 0.29) is 0 Å². The van der Waals surface area contributed by atoms with Crippen LogP contribution in [0.15, 0.2) is 28.1 Å². The molecule has 2 aromatic rings. The molecule has 2 rings (SSSR count). The van der Waals surface area contributed by atoms with Gasteiger partial charge in [0.25, 0.3) is 0 Å². The molecule has 0 aliphatic heterocycles. The van der Waals surface area contributed by atoms with Crippen LogP contribution >= 0.6 is 67.2 Å². The molecular weight excluding hydrogens is 337 g/mol. The van der Waals surface area contributed by atoms with Gasteiger partial charge in [0.2, 0.25) is 0 Å². The lowest BCUT2D eigenvalue weighted by atomic mass is 10.3. The lowest BCUT2D eigenvalue weighted by Crippen LogP contribution is -1.92. The third-order valence-electron chi connectivity index (χ3n) is 1.93. The van der Waals surface area contributed by atoms with Gasteiger partial charge >= 0.3 is 0 Å². The van der Waals surface area contributed by atoms with Crippen molar-refractivity contribution < 1.29 is 0 Å². The van der Waals surface area contributed by atoms with Crippen LogP contribution in [0, 0.1) is 0 Å². The molecular formula is C10H6Cl3NS3. The van der Waals surface area contributed by atoms with Crippen LogP contribution in [0.25, 0.3) is 0 Å². The van der Waals surface area contributed by atoms with Crippen LogP contribution in [0.1, 0.15) is 0 Å². The molecule has 0 aliphatic rings. The number of hydrogen-bond donors (Lipinski definition) is 0. The van der Waals surface area contributed by atoms with Crippen molar-refractivity contribution in [3.63, 3.8) is 0 Å². The summed E-state index contributed by atoms with van der Waals surface area (Å²) in [6.45, 7) is 0. The summed E-state index contributed by atoms with van der Waals surface area (Å²) in [5.41, 5.74) is 0.706. The predicted octanol–water partition coefficient (Wildman–Crippen LogP) is 5.72. The fraction of sp³-hybridized carbons (Fsp3) is 0.100. The van der Waals surface area contributed by atoms with Crippen LogP contribution in [0.3, 0.4) is 0 Å². The maximum Gasteiger partial charge on any atom is 0.147 e. The Morgan fingerprint density at radius 1 is 1.18 bits per heavy atom. The second-order valence-corrected chi connectivity index (χ2v) is 7.38. The van der Waals surface area contributed by atoms with Crippen molar-refractivity contribution in [1.82, 2.24) is 0 Å². The van der Waals surface area contributed by atoms with Crippen LogP contribution in [0.5, 0.6) is 0 Å². The van der Waals surface area contributed by atoms with Crippen LogP contribution in [-0.2, 0) is 0 Å². The Balaban J connectivity index is 2.49. The maximum absolute atomic E-state index is 6.14. The molecule has 0 saturated heterocycles. The molecule has 1 heterocycles. The van der Waals surface area contributed by atoms with E-state index in [2.05, 4.69) is 4.99 Å². The minimum atomic E-state index is 0.492. The summed E-state index contributed by atoms with van der Waals surface area (Å²) in [5.74, 6) is 0. The van der Waals surface area contributed by atoms with Crippen molar-refractivity contribution in [1.29, 1.82) is 0 Å². The third-order valence-corrected chi connectivity index (χ3v) is 6.45. The molecule has 0 atom stereocenters. The van der Waals surface area contributed by atoms with Gasteiger partial charge in [-0.3, -0.25) is 0 Å². The first-order chi connectivity index (χ1) is 8.11. The molecule has 0 spiro atoms. The van der Waals surface area contributed by atoms with Gasteiger partial charge in [0.1, 0.15) is 14.0 Å². The standard InChI is InChI=1S/C10H6Cl3NS3/c1-15-5-2-3-7(6(11)4-5)14-10-8(12)9(13)16-17-10/h2-4H,1H3. The predicted molar refractivity (Wildman–Crippen MR) is 80.7 cm³/mol. The van der Waals surface area contributed by atoms with Gasteiger partial charge in [-0.05, 0) is 24.5 Å². The Morgan fingerprint density at radius 2 is 1.94 bits per heavy atom. The van der Waals surface area contributed by atoms with Crippen molar-refractivity contribution in [3.05, 3.63) is 37.3 Å². The molecule has 7 heteroatoms. The SMILES string of the molecule is CSc1ccc(N=c2ssc(Cl)c2Cl)c(Cl)c1. The maximum atomic E-state index is 6.14. The number of benzene rings is 1. The van der Waals surface area contributed by atoms with Crippen LogP contribution in [0.4, 0.5) is 5.69 Å². The summed E-state index contributed by atoms with van der Waals surface area (Å²) in [5, 5.41) is 1.11. The largest absolute Gasteiger partial charge is 0.234 e.